The molecule has 0 spiro atoms. The largest absolute Gasteiger partial charge is 0.349 e. The fourth-order valence-corrected chi connectivity index (χ4v) is 4.21. The quantitative estimate of drug-likeness (QED) is 0.725. The summed E-state index contributed by atoms with van der Waals surface area (Å²) in [6.07, 6.45) is 3.90. The smallest absolute Gasteiger partial charge is 0.234 e. The molecule has 0 aromatic heterocycles. The molecule has 3 unspecified atom stereocenters. The maximum absolute atomic E-state index is 12.2. The molecule has 1 amide bonds. The van der Waals surface area contributed by atoms with E-state index in [0.29, 0.717) is 12.5 Å². The summed E-state index contributed by atoms with van der Waals surface area (Å²) in [5, 5.41) is 6.58. The molecule has 2 bridgehead atoms. The van der Waals surface area contributed by atoms with Crippen LogP contribution in [0.25, 0.3) is 0 Å². The van der Waals surface area contributed by atoms with Crippen LogP contribution in [0, 0.1) is 17.3 Å². The predicted octanol–water partition coefficient (Wildman–Crippen LogP) is 1.47. The standard InChI is InChI=1S/C16H31N3O/c1-15(2)12-6-7-13(10-12)16(15,3)18-14(20)11-17-8-9-19(4)5/h12-13,17H,6-11H2,1-5H3,(H,18,20). The second-order valence-corrected chi connectivity index (χ2v) is 7.66. The van der Waals surface area contributed by atoms with Crippen LogP contribution in [0.1, 0.15) is 40.0 Å². The Hall–Kier alpha value is -0.610. The highest BCUT2D eigenvalue weighted by molar-refractivity contribution is 5.79. The minimum Gasteiger partial charge on any atom is -0.349 e. The number of hydrogen-bond acceptors (Lipinski definition) is 3. The zero-order chi connectivity index (χ0) is 15.0. The van der Waals surface area contributed by atoms with Crippen molar-refractivity contribution in [3.05, 3.63) is 0 Å². The van der Waals surface area contributed by atoms with Gasteiger partial charge in [0.25, 0.3) is 0 Å². The molecule has 0 aromatic carbocycles. The Morgan fingerprint density at radius 3 is 2.40 bits per heavy atom. The molecule has 2 aliphatic carbocycles. The zero-order valence-corrected chi connectivity index (χ0v) is 13.8. The lowest BCUT2D eigenvalue weighted by molar-refractivity contribution is -0.124. The number of rotatable bonds is 6. The van der Waals surface area contributed by atoms with E-state index in [9.17, 15) is 4.79 Å². The van der Waals surface area contributed by atoms with Gasteiger partial charge < -0.3 is 15.5 Å². The first-order chi connectivity index (χ1) is 9.27. The highest BCUT2D eigenvalue weighted by Gasteiger charge is 2.60. The van der Waals surface area contributed by atoms with Crippen molar-refractivity contribution in [2.45, 2.75) is 45.6 Å². The zero-order valence-electron chi connectivity index (χ0n) is 13.8. The summed E-state index contributed by atoms with van der Waals surface area (Å²) in [6.45, 7) is 9.16. The Kier molecular flexibility index (Phi) is 4.45. The molecule has 4 nitrogen and oxygen atoms in total. The average Bonchev–Trinajstić information content (AvgIpc) is 2.89. The van der Waals surface area contributed by atoms with Crippen LogP contribution in [0.5, 0.6) is 0 Å². The lowest BCUT2D eigenvalue weighted by atomic mass is 9.64. The first-order valence-corrected chi connectivity index (χ1v) is 7.94. The summed E-state index contributed by atoms with van der Waals surface area (Å²) >= 11 is 0. The molecule has 116 valence electrons. The van der Waals surface area contributed by atoms with E-state index < -0.39 is 0 Å². The number of carbonyl (C=O) groups excluding carboxylic acids is 1. The van der Waals surface area contributed by atoms with Crippen LogP contribution in [-0.4, -0.2) is 50.1 Å². The van der Waals surface area contributed by atoms with Gasteiger partial charge in [0, 0.05) is 18.6 Å². The minimum atomic E-state index is -0.0315. The first kappa shape index (κ1) is 15.8. The Balaban J connectivity index is 1.84. The van der Waals surface area contributed by atoms with Gasteiger partial charge in [0.2, 0.25) is 5.91 Å². The molecule has 3 atom stereocenters. The van der Waals surface area contributed by atoms with Crippen molar-refractivity contribution >= 4 is 5.91 Å². The van der Waals surface area contributed by atoms with Crippen LogP contribution in [0.2, 0.25) is 0 Å². The molecule has 2 fully saturated rings. The molecule has 20 heavy (non-hydrogen) atoms. The molecule has 2 N–H and O–H groups in total. The van der Waals surface area contributed by atoms with Gasteiger partial charge in [-0.2, -0.15) is 0 Å². The highest BCUT2D eigenvalue weighted by Crippen LogP contribution is 2.61. The van der Waals surface area contributed by atoms with Crippen molar-refractivity contribution < 1.29 is 4.79 Å². The van der Waals surface area contributed by atoms with Gasteiger partial charge in [-0.3, -0.25) is 4.79 Å². The van der Waals surface area contributed by atoms with Crippen LogP contribution in [0.4, 0.5) is 0 Å². The van der Waals surface area contributed by atoms with Gasteiger partial charge in [-0.1, -0.05) is 13.8 Å². The molecule has 0 radical (unpaired) electrons. The van der Waals surface area contributed by atoms with E-state index in [1.54, 1.807) is 0 Å². The molecular formula is C16H31N3O. The highest BCUT2D eigenvalue weighted by atomic mass is 16.2. The van der Waals surface area contributed by atoms with E-state index in [1.807, 2.05) is 14.1 Å². The molecule has 2 rings (SSSR count). The van der Waals surface area contributed by atoms with Crippen molar-refractivity contribution in [1.29, 1.82) is 0 Å². The van der Waals surface area contributed by atoms with E-state index in [4.69, 9.17) is 0 Å². The molecule has 0 aliphatic heterocycles. The molecule has 2 saturated carbocycles. The second kappa shape index (κ2) is 5.64. The summed E-state index contributed by atoms with van der Waals surface area (Å²) < 4.78 is 0. The third-order valence-corrected chi connectivity index (χ3v) is 6.03. The summed E-state index contributed by atoms with van der Waals surface area (Å²) in [7, 11) is 4.08. The van der Waals surface area contributed by atoms with Crippen molar-refractivity contribution in [1.82, 2.24) is 15.5 Å². The van der Waals surface area contributed by atoms with Crippen LogP contribution in [0.15, 0.2) is 0 Å². The lowest BCUT2D eigenvalue weighted by Gasteiger charge is -2.48. The number of hydrogen-bond donors (Lipinski definition) is 2. The van der Waals surface area contributed by atoms with E-state index in [2.05, 4.69) is 36.3 Å². The molecule has 0 saturated heterocycles. The number of likely N-dealkylation sites (N-methyl/N-ethyl adjacent to an activating group) is 1. The van der Waals surface area contributed by atoms with Gasteiger partial charge in [-0.25, -0.2) is 0 Å². The third kappa shape index (κ3) is 2.73. The monoisotopic (exact) mass is 281 g/mol. The summed E-state index contributed by atoms with van der Waals surface area (Å²) in [4.78, 5) is 14.3. The van der Waals surface area contributed by atoms with E-state index >= 15 is 0 Å². The van der Waals surface area contributed by atoms with Gasteiger partial charge in [0.1, 0.15) is 0 Å². The number of nitrogens with zero attached hydrogens (tertiary/aromatic N) is 1. The van der Waals surface area contributed by atoms with Gasteiger partial charge in [-0.15, -0.1) is 0 Å². The Morgan fingerprint density at radius 2 is 1.85 bits per heavy atom. The van der Waals surface area contributed by atoms with E-state index in [1.165, 1.54) is 19.3 Å². The average molecular weight is 281 g/mol. The fourth-order valence-electron chi connectivity index (χ4n) is 4.21. The topological polar surface area (TPSA) is 44.4 Å². The maximum atomic E-state index is 12.2. The third-order valence-electron chi connectivity index (χ3n) is 6.03. The van der Waals surface area contributed by atoms with E-state index in [0.717, 1.165) is 19.0 Å². The summed E-state index contributed by atoms with van der Waals surface area (Å²) in [6, 6.07) is 0. The normalized spacial score (nSPS) is 34.7. The van der Waals surface area contributed by atoms with Crippen LogP contribution < -0.4 is 10.6 Å². The molecule has 2 aliphatic rings. The van der Waals surface area contributed by atoms with Gasteiger partial charge in [-0.05, 0) is 57.5 Å². The molecule has 0 heterocycles. The second-order valence-electron chi connectivity index (χ2n) is 7.66. The number of carbonyl (C=O) groups is 1. The summed E-state index contributed by atoms with van der Waals surface area (Å²) in [5.74, 6) is 1.58. The van der Waals surface area contributed by atoms with Crippen LogP contribution in [-0.2, 0) is 4.79 Å². The predicted molar refractivity (Wildman–Crippen MR) is 82.6 cm³/mol. The van der Waals surface area contributed by atoms with Crippen molar-refractivity contribution in [2.75, 3.05) is 33.7 Å². The SMILES string of the molecule is CN(C)CCNCC(=O)NC1(C)C2CCC(C2)C1(C)C. The first-order valence-electron chi connectivity index (χ1n) is 7.94. The van der Waals surface area contributed by atoms with Gasteiger partial charge in [0.15, 0.2) is 0 Å². The minimum absolute atomic E-state index is 0.0315. The van der Waals surface area contributed by atoms with Crippen LogP contribution >= 0.6 is 0 Å². The van der Waals surface area contributed by atoms with Gasteiger partial charge in [0.05, 0.1) is 6.54 Å². The Bertz CT molecular complexity index is 367. The Labute approximate surface area is 123 Å². The lowest BCUT2D eigenvalue weighted by Crippen LogP contribution is -2.60. The van der Waals surface area contributed by atoms with Crippen molar-refractivity contribution in [3.8, 4) is 0 Å². The van der Waals surface area contributed by atoms with Crippen molar-refractivity contribution in [2.24, 2.45) is 17.3 Å². The van der Waals surface area contributed by atoms with Crippen molar-refractivity contribution in [3.63, 3.8) is 0 Å². The molecule has 0 aromatic rings. The number of nitrogens with one attached hydrogen (secondary N) is 2. The number of fused-ring (bicyclic) bond motifs is 2. The van der Waals surface area contributed by atoms with Gasteiger partial charge >= 0.3 is 0 Å². The molecular weight excluding hydrogens is 250 g/mol. The fraction of sp³-hybridized carbons (Fsp3) is 0.938. The maximum Gasteiger partial charge on any atom is 0.234 e. The Morgan fingerprint density at radius 1 is 1.20 bits per heavy atom. The number of amides is 1. The van der Waals surface area contributed by atoms with E-state index in [-0.39, 0.29) is 16.9 Å². The summed E-state index contributed by atoms with van der Waals surface area (Å²) in [5.41, 5.74) is 0.186. The van der Waals surface area contributed by atoms with Crippen LogP contribution in [0.3, 0.4) is 0 Å². The molecule has 4 heteroatoms.